The van der Waals surface area contributed by atoms with Crippen LogP contribution in [0, 0.1) is 27.7 Å². The monoisotopic (exact) mass is 624 g/mol. The summed E-state index contributed by atoms with van der Waals surface area (Å²) in [7, 11) is -2.02. The zero-order valence-electron chi connectivity index (χ0n) is 28.8. The third-order valence-corrected chi connectivity index (χ3v) is 14.0. The molecular formula is C40H50O2P2. The molecule has 0 radical (unpaired) electrons. The van der Waals surface area contributed by atoms with Crippen LogP contribution in [0.2, 0.25) is 0 Å². The Bertz CT molecular complexity index is 1720. The van der Waals surface area contributed by atoms with Gasteiger partial charge in [-0.2, -0.15) is 0 Å². The lowest BCUT2D eigenvalue weighted by Gasteiger charge is -2.29. The van der Waals surface area contributed by atoms with Gasteiger partial charge >= 0.3 is 0 Å². The van der Waals surface area contributed by atoms with E-state index in [0.717, 1.165) is 17.3 Å². The second-order valence-electron chi connectivity index (χ2n) is 15.1. The molecule has 0 N–H and O–H groups in total. The molecule has 0 saturated carbocycles. The molecular weight excluding hydrogens is 574 g/mol. The van der Waals surface area contributed by atoms with E-state index >= 15 is 0 Å². The van der Waals surface area contributed by atoms with Crippen molar-refractivity contribution in [3.63, 3.8) is 0 Å². The van der Waals surface area contributed by atoms with Crippen molar-refractivity contribution in [1.82, 2.24) is 0 Å². The van der Waals surface area contributed by atoms with Gasteiger partial charge < -0.3 is 8.39 Å². The van der Waals surface area contributed by atoms with Crippen LogP contribution < -0.4 is 10.6 Å². The average Bonchev–Trinajstić information content (AvgIpc) is 3.14. The SMILES string of the molecule is Cc1cc(C(C)(C)C)c2op(C(C)(C)CP(c3ccccc3)c3ccccc3)oc3c(C(C)(C)C)cc(C)c(C)c3c2c1C. The molecule has 4 aromatic carbocycles. The molecule has 0 aliphatic carbocycles. The van der Waals surface area contributed by atoms with Crippen LogP contribution in [0.3, 0.4) is 0 Å². The molecule has 0 spiro atoms. The topological polar surface area (TPSA) is 26.3 Å². The molecule has 1 aromatic heterocycles. The van der Waals surface area contributed by atoms with Crippen molar-refractivity contribution in [3.05, 3.63) is 106 Å². The summed E-state index contributed by atoms with van der Waals surface area (Å²) in [6.07, 6.45) is 0.956. The summed E-state index contributed by atoms with van der Waals surface area (Å²) in [5.74, 6) is 0. The third-order valence-electron chi connectivity index (χ3n) is 8.99. The predicted molar refractivity (Wildman–Crippen MR) is 196 cm³/mol. The van der Waals surface area contributed by atoms with Crippen LogP contribution in [0.4, 0.5) is 0 Å². The van der Waals surface area contributed by atoms with Gasteiger partial charge in [-0.25, -0.2) is 0 Å². The number of hydrogen-bond donors (Lipinski definition) is 0. The molecule has 0 atom stereocenters. The fraction of sp³-hybridized carbons (Fsp3) is 0.400. The molecule has 1 heterocycles. The lowest BCUT2D eigenvalue weighted by Crippen LogP contribution is -2.23. The van der Waals surface area contributed by atoms with Crippen molar-refractivity contribution >= 4 is 48.5 Å². The van der Waals surface area contributed by atoms with E-state index in [2.05, 4.69) is 156 Å². The Morgan fingerprint density at radius 3 is 1.27 bits per heavy atom. The molecule has 232 valence electrons. The lowest BCUT2D eigenvalue weighted by atomic mass is 9.81. The Morgan fingerprint density at radius 2 is 0.932 bits per heavy atom. The summed E-state index contributed by atoms with van der Waals surface area (Å²) < 4.78 is 14.8. The molecule has 0 aliphatic rings. The Kier molecular flexibility index (Phi) is 8.78. The highest BCUT2D eigenvalue weighted by molar-refractivity contribution is 7.73. The van der Waals surface area contributed by atoms with Crippen molar-refractivity contribution < 1.29 is 8.39 Å². The first-order valence-electron chi connectivity index (χ1n) is 15.8. The smallest absolute Gasteiger partial charge is 0.223 e. The minimum absolute atomic E-state index is 0.0938. The Hall–Kier alpha value is -2.79. The maximum atomic E-state index is 7.39. The van der Waals surface area contributed by atoms with Gasteiger partial charge in [0.05, 0.1) is 5.16 Å². The van der Waals surface area contributed by atoms with Gasteiger partial charge in [0.25, 0.3) is 0 Å². The van der Waals surface area contributed by atoms with Gasteiger partial charge in [-0.05, 0) is 99.3 Å². The van der Waals surface area contributed by atoms with Gasteiger partial charge in [-0.1, -0.05) is 114 Å². The summed E-state index contributed by atoms with van der Waals surface area (Å²) in [6, 6.07) is 26.7. The summed E-state index contributed by atoms with van der Waals surface area (Å²) in [5, 5.41) is 4.94. The average molecular weight is 625 g/mol. The fourth-order valence-corrected chi connectivity index (χ4v) is 10.7. The molecule has 0 fully saturated rings. The van der Waals surface area contributed by atoms with Crippen molar-refractivity contribution in [2.45, 2.75) is 99.1 Å². The highest BCUT2D eigenvalue weighted by atomic mass is 31.1. The Labute approximate surface area is 267 Å². The van der Waals surface area contributed by atoms with Crippen molar-refractivity contribution in [1.29, 1.82) is 0 Å². The first-order valence-corrected chi connectivity index (χ1v) is 18.5. The first kappa shape index (κ1) is 32.6. The molecule has 0 bridgehead atoms. The molecule has 0 unspecified atom stereocenters. The predicted octanol–water partition coefficient (Wildman–Crippen LogP) is 12.0. The van der Waals surface area contributed by atoms with E-state index in [1.165, 1.54) is 54.8 Å². The number of rotatable bonds is 5. The molecule has 5 aromatic rings. The zero-order chi connectivity index (χ0) is 32.2. The first-order chi connectivity index (χ1) is 20.5. The summed E-state index contributed by atoms with van der Waals surface area (Å²) in [5.41, 5.74) is 9.48. The van der Waals surface area contributed by atoms with E-state index in [0.29, 0.717) is 0 Å². The molecule has 5 rings (SSSR count). The number of hydrogen-bond acceptors (Lipinski definition) is 2. The van der Waals surface area contributed by atoms with Crippen LogP contribution >= 0.6 is 15.9 Å². The van der Waals surface area contributed by atoms with Gasteiger partial charge in [0.1, 0.15) is 11.2 Å². The van der Waals surface area contributed by atoms with Gasteiger partial charge in [0.15, 0.2) is 0 Å². The van der Waals surface area contributed by atoms with Crippen LogP contribution in [0.15, 0.2) is 81.2 Å². The number of aryl methyl sites for hydroxylation is 4. The van der Waals surface area contributed by atoms with E-state index in [1.54, 1.807) is 0 Å². The van der Waals surface area contributed by atoms with Gasteiger partial charge in [0.2, 0.25) is 8.01 Å². The van der Waals surface area contributed by atoms with E-state index in [9.17, 15) is 0 Å². The highest BCUT2D eigenvalue weighted by Crippen LogP contribution is 2.55. The molecule has 4 heteroatoms. The van der Waals surface area contributed by atoms with Crippen LogP contribution in [0.25, 0.3) is 21.9 Å². The molecule has 0 aliphatic heterocycles. The third kappa shape index (κ3) is 6.18. The van der Waals surface area contributed by atoms with Gasteiger partial charge in [-0.3, -0.25) is 0 Å². The molecule has 44 heavy (non-hydrogen) atoms. The van der Waals surface area contributed by atoms with E-state index in [4.69, 9.17) is 8.39 Å². The number of benzene rings is 4. The normalized spacial score (nSPS) is 12.8. The molecule has 2 nitrogen and oxygen atoms in total. The second kappa shape index (κ2) is 11.9. The van der Waals surface area contributed by atoms with Gasteiger partial charge in [-0.15, -0.1) is 0 Å². The van der Waals surface area contributed by atoms with Crippen molar-refractivity contribution in [3.8, 4) is 0 Å². The van der Waals surface area contributed by atoms with E-state index in [-0.39, 0.29) is 16.0 Å². The lowest BCUT2D eigenvalue weighted by molar-refractivity contribution is 0.541. The molecule has 0 saturated heterocycles. The number of fused-ring (bicyclic) bond motifs is 3. The zero-order valence-corrected chi connectivity index (χ0v) is 30.6. The standard InChI is InChI=1S/C40H50O2P2/c1-26-23-32(38(5,6)7)36-34(28(26)3)35-29(4)27(2)24-33(39(8,9)10)37(35)42-44(41-36)40(11,12)25-43(30-19-15-13-16-20-30)31-21-17-14-18-22-31/h13-24H,25H2,1-12H3. The minimum atomic E-state index is -1.38. The minimum Gasteiger partial charge on any atom is -0.418 e. The van der Waals surface area contributed by atoms with E-state index < -0.39 is 15.9 Å². The van der Waals surface area contributed by atoms with Crippen LogP contribution in [0.5, 0.6) is 0 Å². The Balaban J connectivity index is 1.93. The maximum absolute atomic E-state index is 7.39. The highest BCUT2D eigenvalue weighted by Gasteiger charge is 2.34. The van der Waals surface area contributed by atoms with Gasteiger partial charge in [0, 0.05) is 21.9 Å². The van der Waals surface area contributed by atoms with Crippen molar-refractivity contribution in [2.75, 3.05) is 6.16 Å². The van der Waals surface area contributed by atoms with Crippen LogP contribution in [-0.2, 0) is 16.0 Å². The van der Waals surface area contributed by atoms with Crippen LogP contribution in [0.1, 0.15) is 88.8 Å². The summed E-state index contributed by atoms with van der Waals surface area (Å²) in [6.45, 7) is 27.5. The molecule has 0 amide bonds. The largest absolute Gasteiger partial charge is 0.418 e. The summed E-state index contributed by atoms with van der Waals surface area (Å²) in [4.78, 5) is 0. The van der Waals surface area contributed by atoms with Crippen molar-refractivity contribution in [2.24, 2.45) is 0 Å². The van der Waals surface area contributed by atoms with E-state index in [1.807, 2.05) is 0 Å². The Morgan fingerprint density at radius 1 is 0.568 bits per heavy atom. The quantitative estimate of drug-likeness (QED) is 0.182. The summed E-state index contributed by atoms with van der Waals surface area (Å²) >= 11 is 0. The fourth-order valence-electron chi connectivity index (χ4n) is 6.11. The van der Waals surface area contributed by atoms with Crippen LogP contribution in [-0.4, -0.2) is 6.16 Å². The maximum Gasteiger partial charge on any atom is 0.223 e. The second-order valence-corrected chi connectivity index (χ2v) is 19.4.